The number of nitrogens with two attached hydrogens (primary N) is 1. The molecule has 0 aliphatic rings. The quantitative estimate of drug-likeness (QED) is 0.166. The standard InChI is InChI=1S/C17H31NO5.2Na.H/c1-2-3-4-5-6-7-8-9-10-11-15(19)23-16(20)13-12-14(18)17(21)22;;;/h14H,2-13,18H2,1H3,(H,21,22);;;/q;;+1;/p-1/t14-;;;/m0.../s1. The van der Waals surface area contributed by atoms with Crippen LogP contribution >= 0.6 is 0 Å². The molecule has 0 spiro atoms. The van der Waals surface area contributed by atoms with E-state index in [1.54, 1.807) is 0 Å². The third kappa shape index (κ3) is 20.7. The first-order valence-electron chi connectivity index (χ1n) is 8.67. The zero-order valence-corrected chi connectivity index (χ0v) is 17.2. The fraction of sp³-hybridized carbons (Fsp3) is 0.824. The zero-order chi connectivity index (χ0) is 17.5. The van der Waals surface area contributed by atoms with E-state index >= 15 is 0 Å². The first kappa shape index (κ1) is 30.3. The minimum atomic E-state index is -1.42. The van der Waals surface area contributed by atoms with E-state index in [0.29, 0.717) is 6.42 Å². The van der Waals surface area contributed by atoms with E-state index < -0.39 is 23.9 Å². The zero-order valence-electron chi connectivity index (χ0n) is 15.2. The molecule has 0 rings (SSSR count). The Morgan fingerprint density at radius 3 is 1.80 bits per heavy atom. The number of carbonyl (C=O) groups excluding carboxylic acids is 3. The van der Waals surface area contributed by atoms with Gasteiger partial charge >= 0.3 is 71.1 Å². The van der Waals surface area contributed by atoms with Crippen LogP contribution in [0.25, 0.3) is 0 Å². The van der Waals surface area contributed by atoms with Crippen molar-refractivity contribution < 1.29 is 53.8 Å². The fourth-order valence-corrected chi connectivity index (χ4v) is 2.20. The number of ether oxygens (including phenoxy) is 1. The van der Waals surface area contributed by atoms with Crippen LogP contribution in [0.1, 0.15) is 84.0 Å². The van der Waals surface area contributed by atoms with Crippen LogP contribution in [0.3, 0.4) is 0 Å². The maximum atomic E-state index is 11.4. The molecule has 0 radical (unpaired) electrons. The molecule has 0 aromatic carbocycles. The Kier molecular flexibility index (Phi) is 25.3. The summed E-state index contributed by atoms with van der Waals surface area (Å²) in [5.41, 5.74) is 5.21. The molecule has 0 aromatic heterocycles. The van der Waals surface area contributed by atoms with Crippen molar-refractivity contribution in [2.75, 3.05) is 0 Å². The Bertz CT molecular complexity index is 367. The Balaban J connectivity index is -0.00000242. The number of carbonyl (C=O) groups is 3. The van der Waals surface area contributed by atoms with E-state index in [1.807, 2.05) is 0 Å². The van der Waals surface area contributed by atoms with Crippen molar-refractivity contribution >= 4 is 47.5 Å². The molecule has 2 N–H and O–H groups in total. The number of hydrogen-bond acceptors (Lipinski definition) is 6. The van der Waals surface area contributed by atoms with Crippen LogP contribution in [0, 0.1) is 0 Å². The molecular formula is C17H31NNa2O5. The first-order chi connectivity index (χ1) is 11.0. The molecular weight excluding hydrogens is 344 g/mol. The van der Waals surface area contributed by atoms with Gasteiger partial charge in [-0.3, -0.25) is 9.59 Å². The predicted molar refractivity (Wildman–Crippen MR) is 92.3 cm³/mol. The molecule has 25 heavy (non-hydrogen) atoms. The van der Waals surface area contributed by atoms with Crippen LogP contribution in [0.4, 0.5) is 0 Å². The van der Waals surface area contributed by atoms with E-state index in [9.17, 15) is 19.5 Å². The van der Waals surface area contributed by atoms with E-state index in [-0.39, 0.29) is 78.4 Å². The van der Waals surface area contributed by atoms with Crippen molar-refractivity contribution in [2.24, 2.45) is 5.73 Å². The van der Waals surface area contributed by atoms with Gasteiger partial charge in [0.15, 0.2) is 0 Å². The monoisotopic (exact) mass is 375 g/mol. The number of carboxylic acids is 1. The van der Waals surface area contributed by atoms with Gasteiger partial charge in [-0.25, -0.2) is 0 Å². The molecule has 0 heterocycles. The van der Waals surface area contributed by atoms with Crippen molar-refractivity contribution in [3.8, 4) is 0 Å². The van der Waals surface area contributed by atoms with Crippen LogP contribution in [0.5, 0.6) is 0 Å². The van der Waals surface area contributed by atoms with E-state index in [4.69, 9.17) is 5.73 Å². The second kappa shape index (κ2) is 20.9. The number of hydrogen-bond donors (Lipinski definition) is 1. The average molecular weight is 375 g/mol. The van der Waals surface area contributed by atoms with E-state index in [1.165, 1.54) is 38.5 Å². The molecule has 6 nitrogen and oxygen atoms in total. The normalized spacial score (nSPS) is 11.0. The van der Waals surface area contributed by atoms with Crippen molar-refractivity contribution in [3.05, 3.63) is 0 Å². The molecule has 0 fully saturated rings. The van der Waals surface area contributed by atoms with Crippen molar-refractivity contribution in [2.45, 2.75) is 90.0 Å². The van der Waals surface area contributed by atoms with Gasteiger partial charge < -0.3 is 20.4 Å². The van der Waals surface area contributed by atoms with Crippen molar-refractivity contribution in [1.29, 1.82) is 0 Å². The van der Waals surface area contributed by atoms with Crippen LogP contribution < -0.4 is 40.4 Å². The van der Waals surface area contributed by atoms with Crippen molar-refractivity contribution in [3.63, 3.8) is 0 Å². The second-order valence-corrected chi connectivity index (χ2v) is 5.89. The number of aliphatic carboxylic acids is 1. The van der Waals surface area contributed by atoms with Gasteiger partial charge in [-0.05, 0) is 12.8 Å². The number of carboxylic acid groups (broad SMARTS) is 1. The summed E-state index contributed by atoms with van der Waals surface area (Å²) in [6.45, 7) is 2.20. The summed E-state index contributed by atoms with van der Waals surface area (Å²) in [4.78, 5) is 33.1. The molecule has 0 saturated carbocycles. The summed E-state index contributed by atoms with van der Waals surface area (Å²) in [6.07, 6.45) is 10.2. The van der Waals surface area contributed by atoms with Gasteiger partial charge in [-0.1, -0.05) is 58.3 Å². The van der Waals surface area contributed by atoms with Gasteiger partial charge in [0.05, 0.1) is 5.97 Å². The second-order valence-electron chi connectivity index (χ2n) is 5.89. The molecule has 0 saturated heterocycles. The molecule has 0 aromatic rings. The molecule has 0 unspecified atom stereocenters. The van der Waals surface area contributed by atoms with Crippen LogP contribution in [-0.2, 0) is 19.1 Å². The van der Waals surface area contributed by atoms with E-state index in [0.717, 1.165) is 12.8 Å². The Morgan fingerprint density at radius 2 is 1.32 bits per heavy atom. The average Bonchev–Trinajstić information content (AvgIpc) is 2.50. The molecule has 0 aliphatic carbocycles. The summed E-state index contributed by atoms with van der Waals surface area (Å²) in [5, 5.41) is 10.4. The third-order valence-corrected chi connectivity index (χ3v) is 3.67. The van der Waals surface area contributed by atoms with Gasteiger partial charge in [0, 0.05) is 18.9 Å². The van der Waals surface area contributed by atoms with Crippen LogP contribution in [0.2, 0.25) is 0 Å². The van der Waals surface area contributed by atoms with E-state index in [2.05, 4.69) is 11.7 Å². The SMILES string of the molecule is CCCCCCCCCCCC(=O)OC(=O)CC[C@H](N)C(=O)[O-].[Na+].[NaH]. The molecule has 1 atom stereocenters. The summed E-state index contributed by atoms with van der Waals surface area (Å²) in [5.74, 6) is -2.71. The summed E-state index contributed by atoms with van der Waals surface area (Å²) < 4.78 is 4.61. The van der Waals surface area contributed by atoms with Crippen LogP contribution in [0.15, 0.2) is 0 Å². The maximum absolute atomic E-state index is 11.4. The Labute approximate surface area is 195 Å². The molecule has 136 valence electrons. The summed E-state index contributed by atoms with van der Waals surface area (Å²) >= 11 is 0. The van der Waals surface area contributed by atoms with Gasteiger partial charge in [-0.15, -0.1) is 0 Å². The number of esters is 2. The minimum absolute atomic E-state index is 0. The van der Waals surface area contributed by atoms with Gasteiger partial charge in [0.1, 0.15) is 0 Å². The fourth-order valence-electron chi connectivity index (χ4n) is 2.20. The Hall–Kier alpha value is 0.570. The van der Waals surface area contributed by atoms with Crippen LogP contribution in [-0.4, -0.2) is 53.5 Å². The molecule has 0 bridgehead atoms. The summed E-state index contributed by atoms with van der Waals surface area (Å²) in [7, 11) is 0. The molecule has 0 aliphatic heterocycles. The first-order valence-corrected chi connectivity index (χ1v) is 8.67. The molecule has 8 heteroatoms. The third-order valence-electron chi connectivity index (χ3n) is 3.67. The van der Waals surface area contributed by atoms with Gasteiger partial charge in [-0.2, -0.15) is 0 Å². The van der Waals surface area contributed by atoms with Gasteiger partial charge in [0.25, 0.3) is 0 Å². The number of rotatable bonds is 14. The molecule has 0 amide bonds. The Morgan fingerprint density at radius 1 is 0.880 bits per heavy atom. The predicted octanol–water partition coefficient (Wildman–Crippen LogP) is -1.81. The summed E-state index contributed by atoms with van der Waals surface area (Å²) in [6, 6.07) is -1.21. The van der Waals surface area contributed by atoms with Gasteiger partial charge in [0.2, 0.25) is 0 Å². The number of unbranched alkanes of at least 4 members (excludes halogenated alkanes) is 8. The van der Waals surface area contributed by atoms with Crippen molar-refractivity contribution in [1.82, 2.24) is 0 Å². The topological polar surface area (TPSA) is 110 Å².